The molecule has 0 fully saturated rings. The maximum atomic E-state index is 12.9. The summed E-state index contributed by atoms with van der Waals surface area (Å²) >= 11 is 0. The van der Waals surface area contributed by atoms with E-state index in [4.69, 9.17) is 4.74 Å². The van der Waals surface area contributed by atoms with Crippen LogP contribution in [0, 0.1) is 0 Å². The molecule has 0 aliphatic rings. The first-order valence-corrected chi connectivity index (χ1v) is 9.65. The lowest BCUT2D eigenvalue weighted by atomic mass is 9.84. The first-order chi connectivity index (χ1) is 12.8. The van der Waals surface area contributed by atoms with Gasteiger partial charge in [-0.1, -0.05) is 77.1 Å². The average Bonchev–Trinajstić information content (AvgIpc) is 2.66. The number of benzene rings is 3. The van der Waals surface area contributed by atoms with Crippen molar-refractivity contribution in [3.05, 3.63) is 77.4 Å². The van der Waals surface area contributed by atoms with Crippen LogP contribution < -0.4 is 4.74 Å². The van der Waals surface area contributed by atoms with Crippen LogP contribution in [0.25, 0.3) is 10.8 Å². The maximum Gasteiger partial charge on any atom is 0.343 e. The van der Waals surface area contributed by atoms with Crippen LogP contribution in [-0.4, -0.2) is 5.97 Å². The van der Waals surface area contributed by atoms with Crippen LogP contribution in [0.5, 0.6) is 5.75 Å². The maximum absolute atomic E-state index is 12.9. The minimum absolute atomic E-state index is 0.104. The zero-order valence-corrected chi connectivity index (χ0v) is 16.9. The molecule has 0 bridgehead atoms. The minimum Gasteiger partial charge on any atom is -0.423 e. The molecule has 0 spiro atoms. The van der Waals surface area contributed by atoms with Crippen LogP contribution in [0.15, 0.2) is 60.7 Å². The van der Waals surface area contributed by atoms with Crippen LogP contribution in [0.2, 0.25) is 0 Å². The predicted octanol–water partition coefficient (Wildman–Crippen LogP) is 6.87. The molecule has 0 amide bonds. The first-order valence-electron chi connectivity index (χ1n) is 9.65. The Kier molecular flexibility index (Phi) is 5.36. The van der Waals surface area contributed by atoms with Crippen molar-refractivity contribution in [2.45, 2.75) is 52.4 Å². The van der Waals surface area contributed by atoms with E-state index in [0.717, 1.165) is 22.8 Å². The van der Waals surface area contributed by atoms with Crippen molar-refractivity contribution in [2.75, 3.05) is 0 Å². The highest BCUT2D eigenvalue weighted by Gasteiger charge is 2.22. The molecule has 0 N–H and O–H groups in total. The van der Waals surface area contributed by atoms with Gasteiger partial charge in [-0.05, 0) is 52.3 Å². The Bertz CT molecular complexity index is 963. The van der Waals surface area contributed by atoms with Crippen molar-refractivity contribution in [3.8, 4) is 5.75 Å². The van der Waals surface area contributed by atoms with Gasteiger partial charge in [0.1, 0.15) is 5.75 Å². The highest BCUT2D eigenvalue weighted by Crippen LogP contribution is 2.35. The van der Waals surface area contributed by atoms with E-state index in [1.54, 1.807) is 0 Å². The Morgan fingerprint density at radius 3 is 2.33 bits per heavy atom. The molecule has 0 aliphatic carbocycles. The lowest BCUT2D eigenvalue weighted by Gasteiger charge is -2.24. The van der Waals surface area contributed by atoms with Crippen molar-refractivity contribution in [1.82, 2.24) is 0 Å². The molecule has 0 saturated heterocycles. The van der Waals surface area contributed by atoms with Gasteiger partial charge in [0.15, 0.2) is 0 Å². The van der Waals surface area contributed by atoms with E-state index in [1.807, 2.05) is 48.5 Å². The molecule has 0 aliphatic heterocycles. The van der Waals surface area contributed by atoms with E-state index in [2.05, 4.69) is 46.8 Å². The van der Waals surface area contributed by atoms with Crippen LogP contribution in [0.1, 0.15) is 68.4 Å². The second kappa shape index (κ2) is 7.56. The third-order valence-corrected chi connectivity index (χ3v) is 5.18. The Morgan fingerprint density at radius 2 is 1.67 bits per heavy atom. The number of fused-ring (bicyclic) bond motifs is 1. The molecule has 0 saturated carbocycles. The number of carbonyl (C=O) groups excluding carboxylic acids is 1. The Morgan fingerprint density at radius 1 is 0.963 bits per heavy atom. The number of hydrogen-bond donors (Lipinski definition) is 0. The van der Waals surface area contributed by atoms with E-state index >= 15 is 0 Å². The van der Waals surface area contributed by atoms with E-state index in [0.29, 0.717) is 17.2 Å². The van der Waals surface area contributed by atoms with Crippen LogP contribution >= 0.6 is 0 Å². The van der Waals surface area contributed by atoms with Gasteiger partial charge in [-0.2, -0.15) is 0 Å². The third-order valence-electron chi connectivity index (χ3n) is 5.18. The zero-order chi connectivity index (χ0) is 19.6. The fourth-order valence-corrected chi connectivity index (χ4v) is 3.26. The highest BCUT2D eigenvalue weighted by molar-refractivity contribution is 5.96. The van der Waals surface area contributed by atoms with Crippen molar-refractivity contribution >= 4 is 16.7 Å². The second-order valence-corrected chi connectivity index (χ2v) is 8.27. The summed E-state index contributed by atoms with van der Waals surface area (Å²) in [5.41, 5.74) is 2.71. The molecule has 0 heterocycles. The number of carbonyl (C=O) groups is 1. The number of rotatable bonds is 4. The third kappa shape index (κ3) is 4.21. The van der Waals surface area contributed by atoms with Gasteiger partial charge in [0, 0.05) is 5.56 Å². The quantitative estimate of drug-likeness (QED) is 0.375. The first kappa shape index (κ1) is 19.2. The van der Waals surface area contributed by atoms with Crippen LogP contribution in [0.4, 0.5) is 0 Å². The number of ether oxygens (including phenoxy) is 1. The molecule has 2 nitrogen and oxygen atoms in total. The number of esters is 1. The molecule has 2 heteroatoms. The molecular weight excluding hydrogens is 332 g/mol. The van der Waals surface area contributed by atoms with Crippen molar-refractivity contribution < 1.29 is 9.53 Å². The molecule has 1 unspecified atom stereocenters. The van der Waals surface area contributed by atoms with Crippen molar-refractivity contribution in [1.29, 1.82) is 0 Å². The molecule has 3 rings (SSSR count). The topological polar surface area (TPSA) is 26.3 Å². The van der Waals surface area contributed by atoms with E-state index in [-0.39, 0.29) is 11.4 Å². The number of hydrogen-bond acceptors (Lipinski definition) is 2. The summed E-state index contributed by atoms with van der Waals surface area (Å²) in [7, 11) is 0. The average molecular weight is 360 g/mol. The summed E-state index contributed by atoms with van der Waals surface area (Å²) < 4.78 is 5.90. The molecule has 3 aromatic carbocycles. The summed E-state index contributed by atoms with van der Waals surface area (Å²) in [6.45, 7) is 10.8. The van der Waals surface area contributed by atoms with Gasteiger partial charge in [-0.15, -0.1) is 0 Å². The Hall–Kier alpha value is -2.61. The van der Waals surface area contributed by atoms with Crippen LogP contribution in [0.3, 0.4) is 0 Å². The molecule has 0 aromatic heterocycles. The lowest BCUT2D eigenvalue weighted by molar-refractivity contribution is 0.0732. The monoisotopic (exact) mass is 360 g/mol. The van der Waals surface area contributed by atoms with Gasteiger partial charge in [0.25, 0.3) is 0 Å². The molecule has 1 atom stereocenters. The predicted molar refractivity (Wildman–Crippen MR) is 113 cm³/mol. The Labute approximate surface area is 162 Å². The fourth-order valence-electron chi connectivity index (χ4n) is 3.26. The van der Waals surface area contributed by atoms with Gasteiger partial charge in [-0.25, -0.2) is 4.79 Å². The van der Waals surface area contributed by atoms with Crippen molar-refractivity contribution in [2.24, 2.45) is 0 Å². The lowest BCUT2D eigenvalue weighted by Crippen LogP contribution is -2.17. The molecule has 3 aromatic rings. The summed E-state index contributed by atoms with van der Waals surface area (Å²) in [6.07, 6.45) is 1.05. The second-order valence-electron chi connectivity index (χ2n) is 8.27. The van der Waals surface area contributed by atoms with E-state index < -0.39 is 0 Å². The highest BCUT2D eigenvalue weighted by atomic mass is 16.5. The fraction of sp³-hybridized carbons (Fsp3) is 0.320. The molecule has 0 radical (unpaired) electrons. The SMILES string of the molecule is CCC(C)c1ccc(C(C)(C)C)c(OC(=O)c2ccc3ccccc3c2)c1. The van der Waals surface area contributed by atoms with Crippen LogP contribution in [-0.2, 0) is 5.41 Å². The van der Waals surface area contributed by atoms with Gasteiger partial charge in [0.2, 0.25) is 0 Å². The van der Waals surface area contributed by atoms with Gasteiger partial charge in [-0.3, -0.25) is 0 Å². The van der Waals surface area contributed by atoms with Gasteiger partial charge < -0.3 is 4.74 Å². The molecule has 140 valence electrons. The Balaban J connectivity index is 1.97. The van der Waals surface area contributed by atoms with Gasteiger partial charge >= 0.3 is 5.97 Å². The molecule has 27 heavy (non-hydrogen) atoms. The van der Waals surface area contributed by atoms with E-state index in [9.17, 15) is 4.79 Å². The normalized spacial score (nSPS) is 12.8. The standard InChI is InChI=1S/C25H28O2/c1-6-17(2)19-13-14-22(25(3,4)5)23(16-19)27-24(26)21-12-11-18-9-7-8-10-20(18)15-21/h7-17H,6H2,1-5H3. The van der Waals surface area contributed by atoms with Crippen molar-refractivity contribution in [3.63, 3.8) is 0 Å². The largest absolute Gasteiger partial charge is 0.423 e. The minimum atomic E-state index is -0.312. The smallest absolute Gasteiger partial charge is 0.343 e. The van der Waals surface area contributed by atoms with Gasteiger partial charge in [0.05, 0.1) is 5.56 Å². The zero-order valence-electron chi connectivity index (χ0n) is 16.9. The summed E-state index contributed by atoms with van der Waals surface area (Å²) in [5, 5.41) is 2.15. The molecular formula is C25H28O2. The summed E-state index contributed by atoms with van der Waals surface area (Å²) in [4.78, 5) is 12.9. The summed E-state index contributed by atoms with van der Waals surface area (Å²) in [5.74, 6) is 0.781. The van der Waals surface area contributed by atoms with E-state index in [1.165, 1.54) is 5.56 Å². The summed E-state index contributed by atoms with van der Waals surface area (Å²) in [6, 6.07) is 20.0.